The Hall–Kier alpha value is -0.770. The van der Waals surface area contributed by atoms with Crippen molar-refractivity contribution in [2.75, 3.05) is 11.5 Å². The van der Waals surface area contributed by atoms with Crippen LogP contribution in [0.25, 0.3) is 0 Å². The molecule has 1 unspecified atom stereocenters. The molecule has 0 radical (unpaired) electrons. The van der Waals surface area contributed by atoms with E-state index in [9.17, 15) is 43.5 Å². The van der Waals surface area contributed by atoms with Crippen LogP contribution in [0.15, 0.2) is 0 Å². The molecule has 0 spiro atoms. The molecule has 0 aliphatic rings. The van der Waals surface area contributed by atoms with Crippen molar-refractivity contribution in [3.8, 4) is 6.07 Å². The quantitative estimate of drug-likeness (QED) is 0.635. The van der Waals surface area contributed by atoms with Gasteiger partial charge in [-0.1, -0.05) is 11.8 Å². The van der Waals surface area contributed by atoms with E-state index in [4.69, 9.17) is 5.26 Å². The van der Waals surface area contributed by atoms with Crippen LogP contribution in [0.5, 0.6) is 0 Å². The smallest absolute Gasteiger partial charge is 0.227 e. The van der Waals surface area contributed by atoms with E-state index in [1.54, 1.807) is 0 Å². The summed E-state index contributed by atoms with van der Waals surface area (Å²) in [6, 6.07) is 1.11. The standard InChI is InChI=1S/C9H9F8NO2S2/c10-7(11,8(12,13)14)2-4-22(19,20)6(5-18)1-3-21-9(15,16)17/h6H,1-4H2. The largest absolute Gasteiger partial charge is 0.453 e. The first kappa shape index (κ1) is 21.2. The van der Waals surface area contributed by atoms with E-state index >= 15 is 0 Å². The number of alkyl halides is 8. The lowest BCUT2D eigenvalue weighted by Gasteiger charge is -2.20. The number of thioether (sulfide) groups is 1. The minimum Gasteiger partial charge on any atom is -0.227 e. The van der Waals surface area contributed by atoms with Crippen LogP contribution in [0.3, 0.4) is 0 Å². The summed E-state index contributed by atoms with van der Waals surface area (Å²) >= 11 is -0.622. The third-order valence-corrected chi connectivity index (χ3v) is 5.09. The van der Waals surface area contributed by atoms with Crippen LogP contribution in [0, 0.1) is 11.3 Å². The van der Waals surface area contributed by atoms with Crippen LogP contribution in [0.1, 0.15) is 12.8 Å². The Balaban J connectivity index is 4.74. The molecule has 0 aromatic rings. The molecular weight excluding hydrogens is 370 g/mol. The molecular formula is C9H9F8NO2S2. The zero-order chi connectivity index (χ0) is 17.8. The molecule has 0 N–H and O–H groups in total. The molecule has 13 heteroatoms. The normalized spacial score (nSPS) is 15.4. The van der Waals surface area contributed by atoms with Gasteiger partial charge in [0, 0.05) is 12.2 Å². The van der Waals surface area contributed by atoms with Crippen LogP contribution >= 0.6 is 11.8 Å². The van der Waals surface area contributed by atoms with Gasteiger partial charge in [-0.3, -0.25) is 0 Å². The Kier molecular flexibility index (Phi) is 6.95. The van der Waals surface area contributed by atoms with Gasteiger partial charge >= 0.3 is 17.6 Å². The van der Waals surface area contributed by atoms with Gasteiger partial charge in [-0.05, 0) is 6.42 Å². The summed E-state index contributed by atoms with van der Waals surface area (Å²) in [5.74, 6) is -7.76. The molecule has 0 aromatic carbocycles. The van der Waals surface area contributed by atoms with E-state index < -0.39 is 68.8 Å². The van der Waals surface area contributed by atoms with Gasteiger partial charge in [0.25, 0.3) is 0 Å². The van der Waals surface area contributed by atoms with Crippen LogP contribution in [0.4, 0.5) is 35.1 Å². The topological polar surface area (TPSA) is 57.9 Å². The van der Waals surface area contributed by atoms with Crippen molar-refractivity contribution in [1.82, 2.24) is 0 Å². The Labute approximate surface area is 124 Å². The van der Waals surface area contributed by atoms with Crippen molar-refractivity contribution in [3.63, 3.8) is 0 Å². The first-order chi connectivity index (χ1) is 9.62. The van der Waals surface area contributed by atoms with Gasteiger partial charge in [0.15, 0.2) is 9.84 Å². The number of hydrogen-bond acceptors (Lipinski definition) is 4. The first-order valence-electron chi connectivity index (χ1n) is 5.39. The van der Waals surface area contributed by atoms with Crippen LogP contribution in [0.2, 0.25) is 0 Å². The van der Waals surface area contributed by atoms with Gasteiger partial charge in [0.05, 0.1) is 11.8 Å². The van der Waals surface area contributed by atoms with Crippen molar-refractivity contribution in [2.24, 2.45) is 0 Å². The van der Waals surface area contributed by atoms with Crippen molar-refractivity contribution < 1.29 is 43.5 Å². The molecule has 0 aliphatic carbocycles. The monoisotopic (exact) mass is 379 g/mol. The van der Waals surface area contributed by atoms with Gasteiger partial charge in [-0.15, -0.1) is 0 Å². The molecule has 0 saturated heterocycles. The van der Waals surface area contributed by atoms with Gasteiger partial charge in [0.1, 0.15) is 5.25 Å². The van der Waals surface area contributed by atoms with Crippen LogP contribution in [-0.2, 0) is 9.84 Å². The highest BCUT2D eigenvalue weighted by molar-refractivity contribution is 8.00. The maximum atomic E-state index is 12.6. The highest BCUT2D eigenvalue weighted by atomic mass is 32.2. The van der Waals surface area contributed by atoms with E-state index in [2.05, 4.69) is 0 Å². The third-order valence-electron chi connectivity index (χ3n) is 2.34. The Morgan fingerprint density at radius 1 is 1.05 bits per heavy atom. The second-order valence-electron chi connectivity index (χ2n) is 4.02. The Morgan fingerprint density at radius 3 is 1.91 bits per heavy atom. The second kappa shape index (κ2) is 7.20. The molecule has 0 aromatic heterocycles. The second-order valence-corrected chi connectivity index (χ2v) is 7.48. The van der Waals surface area contributed by atoms with Crippen molar-refractivity contribution >= 4 is 21.6 Å². The van der Waals surface area contributed by atoms with E-state index in [0.717, 1.165) is 6.07 Å². The predicted molar refractivity (Wildman–Crippen MR) is 61.9 cm³/mol. The number of hydrogen-bond donors (Lipinski definition) is 0. The van der Waals surface area contributed by atoms with E-state index in [1.165, 1.54) is 0 Å². The maximum Gasteiger partial charge on any atom is 0.453 e. The molecule has 0 fully saturated rings. The van der Waals surface area contributed by atoms with Crippen molar-refractivity contribution in [2.45, 2.75) is 35.7 Å². The summed E-state index contributed by atoms with van der Waals surface area (Å²) in [7, 11) is -4.71. The van der Waals surface area contributed by atoms with E-state index in [-0.39, 0.29) is 0 Å². The van der Waals surface area contributed by atoms with Crippen LogP contribution < -0.4 is 0 Å². The van der Waals surface area contributed by atoms with Gasteiger partial charge in [0.2, 0.25) is 0 Å². The summed E-state index contributed by atoms with van der Waals surface area (Å²) in [6.07, 6.45) is -8.87. The fourth-order valence-electron chi connectivity index (χ4n) is 1.16. The highest BCUT2D eigenvalue weighted by Gasteiger charge is 2.57. The molecule has 1 atom stereocenters. The van der Waals surface area contributed by atoms with Gasteiger partial charge < -0.3 is 0 Å². The number of halogens is 8. The summed E-state index contributed by atoms with van der Waals surface area (Å²) in [4.78, 5) is 0. The first-order valence-corrected chi connectivity index (χ1v) is 8.09. The Bertz CT molecular complexity index is 505. The predicted octanol–water partition coefficient (Wildman–Crippen LogP) is 3.52. The number of rotatable bonds is 7. The molecule has 0 rings (SSSR count). The molecule has 22 heavy (non-hydrogen) atoms. The molecule has 0 saturated carbocycles. The summed E-state index contributed by atoms with van der Waals surface area (Å²) in [5.41, 5.74) is -4.67. The minimum absolute atomic E-state index is 0.622. The summed E-state index contributed by atoms with van der Waals surface area (Å²) in [5, 5.41) is 6.47. The lowest BCUT2D eigenvalue weighted by atomic mass is 10.2. The zero-order valence-corrected chi connectivity index (χ0v) is 12.1. The molecule has 3 nitrogen and oxygen atoms in total. The van der Waals surface area contributed by atoms with E-state index in [1.807, 2.05) is 0 Å². The molecule has 0 heterocycles. The highest BCUT2D eigenvalue weighted by Crippen LogP contribution is 2.38. The van der Waals surface area contributed by atoms with Crippen molar-refractivity contribution in [1.29, 1.82) is 5.26 Å². The molecule has 0 amide bonds. The molecule has 0 bridgehead atoms. The summed E-state index contributed by atoms with van der Waals surface area (Å²) < 4.78 is 119. The number of sulfone groups is 1. The minimum atomic E-state index is -5.95. The number of nitrogens with zero attached hydrogens (tertiary/aromatic N) is 1. The molecule has 130 valence electrons. The number of nitriles is 1. The van der Waals surface area contributed by atoms with Crippen LogP contribution in [-0.4, -0.2) is 42.8 Å². The molecule has 0 aliphatic heterocycles. The van der Waals surface area contributed by atoms with E-state index in [0.29, 0.717) is 0 Å². The average molecular weight is 379 g/mol. The third kappa shape index (κ3) is 6.99. The van der Waals surface area contributed by atoms with Gasteiger partial charge in [-0.25, -0.2) is 8.42 Å². The zero-order valence-electron chi connectivity index (χ0n) is 10.5. The lowest BCUT2D eigenvalue weighted by Crippen LogP contribution is -2.39. The fourth-order valence-corrected chi connectivity index (χ4v) is 3.36. The maximum absolute atomic E-state index is 12.6. The van der Waals surface area contributed by atoms with Crippen molar-refractivity contribution in [3.05, 3.63) is 0 Å². The average Bonchev–Trinajstić information content (AvgIpc) is 2.29. The Morgan fingerprint density at radius 2 is 1.55 bits per heavy atom. The summed E-state index contributed by atoms with van der Waals surface area (Å²) in [6.45, 7) is 0. The lowest BCUT2D eigenvalue weighted by molar-refractivity contribution is -0.282. The van der Waals surface area contributed by atoms with Gasteiger partial charge in [-0.2, -0.15) is 40.4 Å². The fraction of sp³-hybridized carbons (Fsp3) is 0.889. The SMILES string of the molecule is N#CC(CCSC(F)(F)F)S(=O)(=O)CCC(F)(F)C(F)(F)F.